The van der Waals surface area contributed by atoms with Gasteiger partial charge in [-0.25, -0.2) is 4.79 Å². The molecular formula is C7H14O6S. The van der Waals surface area contributed by atoms with Crippen molar-refractivity contribution in [2.45, 2.75) is 13.0 Å². The van der Waals surface area contributed by atoms with Gasteiger partial charge in [0, 0.05) is 7.11 Å². The Labute approximate surface area is 83.3 Å². The zero-order chi connectivity index (χ0) is 11.2. The van der Waals surface area contributed by atoms with Crippen molar-refractivity contribution < 1.29 is 26.9 Å². The molecule has 0 aliphatic heterocycles. The molecular weight excluding hydrogens is 212 g/mol. The summed E-state index contributed by atoms with van der Waals surface area (Å²) in [5.41, 5.74) is 0. The van der Waals surface area contributed by atoms with Gasteiger partial charge in [0.05, 0.1) is 12.9 Å². The molecule has 0 amide bonds. The summed E-state index contributed by atoms with van der Waals surface area (Å²) < 4.78 is 34.9. The molecule has 0 aromatic rings. The zero-order valence-electron chi connectivity index (χ0n) is 8.35. The van der Waals surface area contributed by atoms with Crippen LogP contribution in [-0.2, 0) is 28.6 Å². The Morgan fingerprint density at radius 2 is 1.93 bits per heavy atom. The van der Waals surface area contributed by atoms with Gasteiger partial charge in [-0.2, -0.15) is 8.42 Å². The quantitative estimate of drug-likeness (QED) is 0.346. The molecule has 14 heavy (non-hydrogen) atoms. The predicted octanol–water partition coefficient (Wildman–Crippen LogP) is -0.459. The Kier molecular flexibility index (Phi) is 5.66. The highest BCUT2D eigenvalue weighted by molar-refractivity contribution is 7.86. The van der Waals surface area contributed by atoms with Crippen LogP contribution in [0.3, 0.4) is 0 Å². The molecule has 0 N–H and O–H groups in total. The van der Waals surface area contributed by atoms with Crippen molar-refractivity contribution >= 4 is 16.1 Å². The minimum atomic E-state index is -3.63. The van der Waals surface area contributed by atoms with Crippen LogP contribution in [0.2, 0.25) is 0 Å². The molecule has 0 spiro atoms. The van der Waals surface area contributed by atoms with Crippen LogP contribution in [0, 0.1) is 0 Å². The van der Waals surface area contributed by atoms with Gasteiger partial charge in [0.1, 0.15) is 6.61 Å². The molecule has 0 saturated carbocycles. The molecule has 0 aromatic carbocycles. The monoisotopic (exact) mass is 226 g/mol. The van der Waals surface area contributed by atoms with Crippen LogP contribution in [0.4, 0.5) is 0 Å². The van der Waals surface area contributed by atoms with Crippen molar-refractivity contribution in [3.05, 3.63) is 0 Å². The lowest BCUT2D eigenvalue weighted by atomic mass is 10.4. The first-order valence-corrected chi connectivity index (χ1v) is 5.72. The smallest absolute Gasteiger partial charge is 0.336 e. The number of hydrogen-bond acceptors (Lipinski definition) is 6. The van der Waals surface area contributed by atoms with E-state index in [1.54, 1.807) is 0 Å². The van der Waals surface area contributed by atoms with Gasteiger partial charge in [-0.1, -0.05) is 0 Å². The van der Waals surface area contributed by atoms with Crippen molar-refractivity contribution in [3.8, 4) is 0 Å². The fourth-order valence-corrected chi connectivity index (χ4v) is 1.25. The lowest BCUT2D eigenvalue weighted by molar-refractivity contribution is -0.152. The second-order valence-electron chi connectivity index (χ2n) is 2.60. The Morgan fingerprint density at radius 3 is 2.36 bits per heavy atom. The topological polar surface area (TPSA) is 78.9 Å². The van der Waals surface area contributed by atoms with E-state index in [1.807, 2.05) is 0 Å². The fraction of sp³-hybridized carbons (Fsp3) is 0.857. The standard InChI is InChI=1S/C7H14O6S/c1-6(13-14(3,9)10)7(8)12-5-4-11-2/h6H,4-5H2,1-3H3. The third-order valence-corrected chi connectivity index (χ3v) is 1.82. The average molecular weight is 226 g/mol. The molecule has 0 heterocycles. The summed E-state index contributed by atoms with van der Waals surface area (Å²) in [4.78, 5) is 11.0. The largest absolute Gasteiger partial charge is 0.461 e. The van der Waals surface area contributed by atoms with Gasteiger partial charge >= 0.3 is 5.97 Å². The second kappa shape index (κ2) is 5.94. The minimum absolute atomic E-state index is 0.0762. The van der Waals surface area contributed by atoms with Gasteiger partial charge in [-0.3, -0.25) is 4.18 Å². The van der Waals surface area contributed by atoms with Crippen molar-refractivity contribution in [2.75, 3.05) is 26.6 Å². The Bertz CT molecular complexity index is 270. The first-order valence-electron chi connectivity index (χ1n) is 3.90. The summed E-state index contributed by atoms with van der Waals surface area (Å²) in [5.74, 6) is -0.729. The highest BCUT2D eigenvalue weighted by Crippen LogP contribution is 1.99. The number of ether oxygens (including phenoxy) is 2. The van der Waals surface area contributed by atoms with Crippen LogP contribution in [-0.4, -0.2) is 47.1 Å². The van der Waals surface area contributed by atoms with Crippen molar-refractivity contribution in [2.24, 2.45) is 0 Å². The lowest BCUT2D eigenvalue weighted by Crippen LogP contribution is -2.26. The summed E-state index contributed by atoms with van der Waals surface area (Å²) in [5, 5.41) is 0. The van der Waals surface area contributed by atoms with Crippen LogP contribution in [0.1, 0.15) is 6.92 Å². The molecule has 0 rings (SSSR count). The highest BCUT2D eigenvalue weighted by Gasteiger charge is 2.19. The lowest BCUT2D eigenvalue weighted by Gasteiger charge is -2.10. The summed E-state index contributed by atoms with van der Waals surface area (Å²) in [6.45, 7) is 1.64. The predicted molar refractivity (Wildman–Crippen MR) is 48.2 cm³/mol. The van der Waals surface area contributed by atoms with E-state index in [2.05, 4.69) is 13.7 Å². The number of carbonyl (C=O) groups is 1. The maximum atomic E-state index is 11.0. The molecule has 7 heteroatoms. The van der Waals surface area contributed by atoms with Crippen LogP contribution in [0.15, 0.2) is 0 Å². The van der Waals surface area contributed by atoms with Crippen molar-refractivity contribution in [1.29, 1.82) is 0 Å². The van der Waals surface area contributed by atoms with Gasteiger partial charge in [0.25, 0.3) is 10.1 Å². The van der Waals surface area contributed by atoms with Crippen molar-refractivity contribution in [1.82, 2.24) is 0 Å². The van der Waals surface area contributed by atoms with E-state index < -0.39 is 22.2 Å². The van der Waals surface area contributed by atoms with Crippen molar-refractivity contribution in [3.63, 3.8) is 0 Å². The van der Waals surface area contributed by atoms with Crippen LogP contribution in [0.25, 0.3) is 0 Å². The molecule has 0 aliphatic carbocycles. The molecule has 0 aliphatic rings. The number of hydrogen-bond donors (Lipinski definition) is 0. The van der Waals surface area contributed by atoms with Gasteiger partial charge in [-0.15, -0.1) is 0 Å². The maximum Gasteiger partial charge on any atom is 0.336 e. The van der Waals surface area contributed by atoms with Crippen LogP contribution in [0.5, 0.6) is 0 Å². The first-order chi connectivity index (χ1) is 6.37. The van der Waals surface area contributed by atoms with Gasteiger partial charge < -0.3 is 9.47 Å². The number of rotatable bonds is 6. The Hall–Kier alpha value is -0.660. The zero-order valence-corrected chi connectivity index (χ0v) is 9.17. The summed E-state index contributed by atoms with van der Waals surface area (Å²) in [6.07, 6.45) is -0.256. The third kappa shape index (κ3) is 6.81. The van der Waals surface area contributed by atoms with Crippen LogP contribution < -0.4 is 0 Å². The molecule has 0 fully saturated rings. The van der Waals surface area contributed by atoms with E-state index in [4.69, 9.17) is 0 Å². The number of methoxy groups -OCH3 is 1. The summed E-state index contributed by atoms with van der Waals surface area (Å²) >= 11 is 0. The molecule has 1 atom stereocenters. The van der Waals surface area contributed by atoms with E-state index in [1.165, 1.54) is 14.0 Å². The van der Waals surface area contributed by atoms with Crippen LogP contribution >= 0.6 is 0 Å². The minimum Gasteiger partial charge on any atom is -0.461 e. The SMILES string of the molecule is COCCOC(=O)C(C)OS(C)(=O)=O. The molecule has 0 saturated heterocycles. The van der Waals surface area contributed by atoms with E-state index in [9.17, 15) is 13.2 Å². The van der Waals surface area contributed by atoms with Gasteiger partial charge in [0.2, 0.25) is 0 Å². The summed E-state index contributed by atoms with van der Waals surface area (Å²) in [7, 11) is -2.17. The fourth-order valence-electron chi connectivity index (χ4n) is 0.644. The Morgan fingerprint density at radius 1 is 1.36 bits per heavy atom. The van der Waals surface area contributed by atoms with Gasteiger partial charge in [0.15, 0.2) is 6.10 Å². The van der Waals surface area contributed by atoms with E-state index in [0.29, 0.717) is 0 Å². The average Bonchev–Trinajstić information content (AvgIpc) is 2.01. The maximum absolute atomic E-state index is 11.0. The number of esters is 1. The number of carbonyl (C=O) groups excluding carboxylic acids is 1. The van der Waals surface area contributed by atoms with E-state index in [-0.39, 0.29) is 13.2 Å². The molecule has 0 aromatic heterocycles. The highest BCUT2D eigenvalue weighted by atomic mass is 32.2. The first kappa shape index (κ1) is 13.3. The normalized spacial score (nSPS) is 13.6. The van der Waals surface area contributed by atoms with Gasteiger partial charge in [-0.05, 0) is 6.92 Å². The van der Waals surface area contributed by atoms with E-state index in [0.717, 1.165) is 6.26 Å². The molecule has 84 valence electrons. The second-order valence-corrected chi connectivity index (χ2v) is 4.20. The molecule has 6 nitrogen and oxygen atoms in total. The van der Waals surface area contributed by atoms with E-state index >= 15 is 0 Å². The summed E-state index contributed by atoms with van der Waals surface area (Å²) in [6, 6.07) is 0. The molecule has 0 bridgehead atoms. The Balaban J connectivity index is 3.88. The third-order valence-electron chi connectivity index (χ3n) is 1.18. The molecule has 0 radical (unpaired) electrons. The molecule has 1 unspecified atom stereocenters.